The fourth-order valence-electron chi connectivity index (χ4n) is 4.00. The first-order chi connectivity index (χ1) is 16.3. The SMILES string of the molecule is O=C(Nc1ccccc1)c1ccnc2nc(-c3ccc(NCCN4CCNCC4)cc3)[nH]c12. The Labute approximate surface area is 192 Å². The highest BCUT2D eigenvalue weighted by molar-refractivity contribution is 6.11. The van der Waals surface area contributed by atoms with Gasteiger partial charge in [-0.05, 0) is 42.5 Å². The average Bonchev–Trinajstić information content (AvgIpc) is 3.30. The van der Waals surface area contributed by atoms with Crippen molar-refractivity contribution in [2.45, 2.75) is 0 Å². The van der Waals surface area contributed by atoms with Crippen molar-refractivity contribution in [2.75, 3.05) is 49.9 Å². The van der Waals surface area contributed by atoms with E-state index in [4.69, 9.17) is 0 Å². The molecule has 5 rings (SSSR count). The van der Waals surface area contributed by atoms with E-state index in [0.29, 0.717) is 22.6 Å². The quantitative estimate of drug-likeness (QED) is 0.352. The number of anilines is 2. The van der Waals surface area contributed by atoms with E-state index in [1.807, 2.05) is 42.5 Å². The summed E-state index contributed by atoms with van der Waals surface area (Å²) >= 11 is 0. The van der Waals surface area contributed by atoms with Crippen LogP contribution in [0.15, 0.2) is 66.9 Å². The van der Waals surface area contributed by atoms with Crippen LogP contribution in [0.25, 0.3) is 22.6 Å². The number of aromatic amines is 1. The maximum absolute atomic E-state index is 12.8. The molecule has 2 aromatic carbocycles. The van der Waals surface area contributed by atoms with E-state index in [2.05, 4.69) is 47.9 Å². The van der Waals surface area contributed by atoms with E-state index in [-0.39, 0.29) is 5.91 Å². The average molecular weight is 442 g/mol. The number of carbonyl (C=O) groups is 1. The minimum absolute atomic E-state index is 0.201. The van der Waals surface area contributed by atoms with Crippen LogP contribution in [0.4, 0.5) is 11.4 Å². The zero-order chi connectivity index (χ0) is 22.5. The van der Waals surface area contributed by atoms with Gasteiger partial charge in [-0.3, -0.25) is 9.69 Å². The second kappa shape index (κ2) is 9.81. The molecule has 0 bridgehead atoms. The number of piperazine rings is 1. The minimum Gasteiger partial charge on any atom is -0.384 e. The number of H-pyrrole nitrogens is 1. The zero-order valence-corrected chi connectivity index (χ0v) is 18.3. The molecule has 1 aliphatic rings. The van der Waals surface area contributed by atoms with Gasteiger partial charge in [0.1, 0.15) is 5.82 Å². The number of fused-ring (bicyclic) bond motifs is 1. The fourth-order valence-corrected chi connectivity index (χ4v) is 4.00. The number of imidazole rings is 1. The summed E-state index contributed by atoms with van der Waals surface area (Å²) in [5.74, 6) is 0.484. The van der Waals surface area contributed by atoms with Gasteiger partial charge >= 0.3 is 0 Å². The van der Waals surface area contributed by atoms with Crippen molar-refractivity contribution in [2.24, 2.45) is 0 Å². The van der Waals surface area contributed by atoms with Gasteiger partial charge < -0.3 is 20.9 Å². The lowest BCUT2D eigenvalue weighted by Gasteiger charge is -2.27. The van der Waals surface area contributed by atoms with Crippen molar-refractivity contribution in [3.63, 3.8) is 0 Å². The van der Waals surface area contributed by atoms with Crippen LogP contribution in [-0.4, -0.2) is 65.0 Å². The highest BCUT2D eigenvalue weighted by Crippen LogP contribution is 2.23. The number of nitrogens with zero attached hydrogens (tertiary/aromatic N) is 3. The van der Waals surface area contributed by atoms with Gasteiger partial charge in [0.25, 0.3) is 5.91 Å². The van der Waals surface area contributed by atoms with Gasteiger partial charge in [-0.15, -0.1) is 0 Å². The van der Waals surface area contributed by atoms with Gasteiger partial charge in [-0.25, -0.2) is 9.97 Å². The normalized spacial score (nSPS) is 14.3. The van der Waals surface area contributed by atoms with E-state index in [1.54, 1.807) is 12.3 Å². The summed E-state index contributed by atoms with van der Waals surface area (Å²) in [6.45, 7) is 6.28. The largest absolute Gasteiger partial charge is 0.384 e. The van der Waals surface area contributed by atoms with E-state index in [9.17, 15) is 4.79 Å². The fraction of sp³-hybridized carbons (Fsp3) is 0.240. The Bertz CT molecular complexity index is 1210. The lowest BCUT2D eigenvalue weighted by atomic mass is 10.2. The van der Waals surface area contributed by atoms with Gasteiger partial charge in [0, 0.05) is 62.4 Å². The van der Waals surface area contributed by atoms with Crippen LogP contribution in [0, 0.1) is 0 Å². The predicted molar refractivity (Wildman–Crippen MR) is 132 cm³/mol. The van der Waals surface area contributed by atoms with Gasteiger partial charge in [0.15, 0.2) is 5.65 Å². The Morgan fingerprint density at radius 1 is 0.970 bits per heavy atom. The molecule has 1 saturated heterocycles. The number of nitrogens with one attached hydrogen (secondary N) is 4. The molecule has 4 N–H and O–H groups in total. The van der Waals surface area contributed by atoms with Crippen LogP contribution in [0.3, 0.4) is 0 Å². The number of para-hydroxylation sites is 1. The first-order valence-electron chi connectivity index (χ1n) is 11.2. The molecule has 4 aromatic rings. The second-order valence-corrected chi connectivity index (χ2v) is 8.06. The highest BCUT2D eigenvalue weighted by atomic mass is 16.1. The van der Waals surface area contributed by atoms with Crippen molar-refractivity contribution < 1.29 is 4.79 Å². The predicted octanol–water partition coefficient (Wildman–Crippen LogP) is 3.19. The van der Waals surface area contributed by atoms with Crippen molar-refractivity contribution in [3.8, 4) is 11.4 Å². The number of pyridine rings is 1. The molecule has 0 saturated carbocycles. The Kier molecular flexibility index (Phi) is 6.27. The Hall–Kier alpha value is -3.75. The van der Waals surface area contributed by atoms with E-state index >= 15 is 0 Å². The van der Waals surface area contributed by atoms with Crippen molar-refractivity contribution in [1.82, 2.24) is 25.2 Å². The zero-order valence-electron chi connectivity index (χ0n) is 18.3. The minimum atomic E-state index is -0.201. The van der Waals surface area contributed by atoms with Crippen molar-refractivity contribution >= 4 is 28.4 Å². The van der Waals surface area contributed by atoms with Crippen LogP contribution < -0.4 is 16.0 Å². The number of rotatable bonds is 7. The first-order valence-corrected chi connectivity index (χ1v) is 11.2. The lowest BCUT2D eigenvalue weighted by molar-refractivity contribution is 0.102. The molecule has 0 atom stereocenters. The number of carbonyl (C=O) groups excluding carboxylic acids is 1. The molecule has 0 unspecified atom stereocenters. The molecule has 0 aliphatic carbocycles. The third kappa shape index (κ3) is 5.02. The van der Waals surface area contributed by atoms with Crippen LogP contribution in [-0.2, 0) is 0 Å². The van der Waals surface area contributed by atoms with Crippen molar-refractivity contribution in [3.05, 3.63) is 72.4 Å². The molecular weight excluding hydrogens is 414 g/mol. The maximum Gasteiger partial charge on any atom is 0.257 e. The van der Waals surface area contributed by atoms with E-state index in [0.717, 1.165) is 56.2 Å². The maximum atomic E-state index is 12.8. The smallest absolute Gasteiger partial charge is 0.257 e. The Morgan fingerprint density at radius 3 is 2.55 bits per heavy atom. The summed E-state index contributed by atoms with van der Waals surface area (Å²) in [7, 11) is 0. The van der Waals surface area contributed by atoms with Crippen molar-refractivity contribution in [1.29, 1.82) is 0 Å². The third-order valence-electron chi connectivity index (χ3n) is 5.79. The summed E-state index contributed by atoms with van der Waals surface area (Å²) in [5, 5.41) is 9.78. The number of aromatic nitrogens is 3. The molecule has 1 aliphatic heterocycles. The summed E-state index contributed by atoms with van der Waals surface area (Å²) in [4.78, 5) is 27.5. The molecule has 168 valence electrons. The van der Waals surface area contributed by atoms with Gasteiger partial charge in [0.2, 0.25) is 0 Å². The number of hydrogen-bond donors (Lipinski definition) is 4. The molecule has 8 heteroatoms. The topological polar surface area (TPSA) is 98.0 Å². The molecule has 0 radical (unpaired) electrons. The molecule has 2 aromatic heterocycles. The summed E-state index contributed by atoms with van der Waals surface area (Å²) in [6.07, 6.45) is 1.61. The van der Waals surface area contributed by atoms with E-state index < -0.39 is 0 Å². The van der Waals surface area contributed by atoms with Gasteiger partial charge in [-0.2, -0.15) is 0 Å². The molecule has 1 amide bonds. The van der Waals surface area contributed by atoms with Crippen LogP contribution in [0.2, 0.25) is 0 Å². The first kappa shape index (κ1) is 21.1. The molecular formula is C25H27N7O. The van der Waals surface area contributed by atoms with Crippen LogP contribution in [0.5, 0.6) is 0 Å². The number of amides is 1. The molecule has 8 nitrogen and oxygen atoms in total. The monoisotopic (exact) mass is 441 g/mol. The number of hydrogen-bond acceptors (Lipinski definition) is 6. The summed E-state index contributed by atoms with van der Waals surface area (Å²) < 4.78 is 0. The molecule has 0 spiro atoms. The molecule has 3 heterocycles. The lowest BCUT2D eigenvalue weighted by Crippen LogP contribution is -2.45. The van der Waals surface area contributed by atoms with Gasteiger partial charge in [0.05, 0.1) is 11.1 Å². The van der Waals surface area contributed by atoms with Crippen LogP contribution in [0.1, 0.15) is 10.4 Å². The molecule has 33 heavy (non-hydrogen) atoms. The Morgan fingerprint density at radius 2 is 1.76 bits per heavy atom. The van der Waals surface area contributed by atoms with Gasteiger partial charge in [-0.1, -0.05) is 18.2 Å². The number of benzene rings is 2. The standard InChI is InChI=1S/C25H27N7O/c33-25(29-20-4-2-1-3-5-20)21-10-11-28-24-22(21)30-23(31-24)18-6-8-19(9-7-18)27-14-17-32-15-12-26-13-16-32/h1-11,26-27H,12-17H2,(H,29,33)(H,28,30,31). The molecule has 1 fully saturated rings. The summed E-state index contributed by atoms with van der Waals surface area (Å²) in [6, 6.07) is 19.2. The highest BCUT2D eigenvalue weighted by Gasteiger charge is 2.15. The van der Waals surface area contributed by atoms with E-state index in [1.165, 1.54) is 0 Å². The van der Waals surface area contributed by atoms with Crippen LogP contribution >= 0.6 is 0 Å². The Balaban J connectivity index is 1.27. The summed E-state index contributed by atoms with van der Waals surface area (Å²) in [5.41, 5.74) is 4.41. The second-order valence-electron chi connectivity index (χ2n) is 8.06. The third-order valence-corrected chi connectivity index (χ3v) is 5.79.